The number of hydrogen-bond donors (Lipinski definition) is 0. The van der Waals surface area contributed by atoms with Crippen molar-refractivity contribution in [3.63, 3.8) is 0 Å². The van der Waals surface area contributed by atoms with Gasteiger partial charge in [0.25, 0.3) is 5.82 Å². The Hall–Kier alpha value is -2.82. The normalized spacial score (nSPS) is 22.8. The highest BCUT2D eigenvalue weighted by molar-refractivity contribution is 5.80. The molecule has 1 aliphatic carbocycles. The smallest absolute Gasteiger partial charge is 0.348 e. The van der Waals surface area contributed by atoms with Crippen LogP contribution in [0.15, 0.2) is 48.5 Å². The lowest BCUT2D eigenvalue weighted by Crippen LogP contribution is -2.37. The van der Waals surface area contributed by atoms with Gasteiger partial charge in [0.05, 0.1) is 12.6 Å². The average Bonchev–Trinajstić information content (AvgIpc) is 3.16. The molecule has 1 saturated carbocycles. The Kier molecular flexibility index (Phi) is 7.36. The lowest BCUT2D eigenvalue weighted by atomic mass is 9.75. The lowest BCUT2D eigenvalue weighted by molar-refractivity contribution is -0.634. The molecular formula is C31H42N3O2+. The number of benzene rings is 2. The van der Waals surface area contributed by atoms with E-state index in [4.69, 9.17) is 4.74 Å². The molecular weight excluding hydrogens is 446 g/mol. The first-order valence-corrected chi connectivity index (χ1v) is 13.9. The molecule has 0 amide bonds. The van der Waals surface area contributed by atoms with Gasteiger partial charge >= 0.3 is 5.97 Å². The summed E-state index contributed by atoms with van der Waals surface area (Å²) in [5.41, 5.74) is 4.58. The SMILES string of the molecule is CC(C)[C@@H]1CC[C@@H](C)CC1OC(=O)Cn1c(-c2ccc(N3CCCCC3)cc2)[n+](C)c2ccccc21. The summed E-state index contributed by atoms with van der Waals surface area (Å²) >= 11 is 0. The number of nitrogens with zero attached hydrogens (tertiary/aromatic N) is 3. The van der Waals surface area contributed by atoms with Crippen LogP contribution in [0.25, 0.3) is 22.4 Å². The van der Waals surface area contributed by atoms with Crippen LogP contribution in [-0.4, -0.2) is 29.7 Å². The number of ether oxygens (including phenoxy) is 1. The van der Waals surface area contributed by atoms with Crippen molar-refractivity contribution in [2.45, 2.75) is 71.9 Å². The van der Waals surface area contributed by atoms with Crippen LogP contribution >= 0.6 is 0 Å². The number of piperidine rings is 1. The molecule has 3 atom stereocenters. The van der Waals surface area contributed by atoms with Crippen molar-refractivity contribution in [3.05, 3.63) is 48.5 Å². The average molecular weight is 489 g/mol. The Bertz CT molecular complexity index is 1190. The number of carbonyl (C=O) groups excluding carboxylic acids is 1. The third-order valence-electron chi connectivity index (χ3n) is 8.49. The maximum atomic E-state index is 13.4. The Labute approximate surface area is 216 Å². The maximum Gasteiger partial charge on any atom is 0.348 e. The molecule has 2 fully saturated rings. The van der Waals surface area contributed by atoms with Crippen molar-refractivity contribution < 1.29 is 14.1 Å². The molecule has 5 nitrogen and oxygen atoms in total. The second-order valence-corrected chi connectivity index (χ2v) is 11.4. The first-order chi connectivity index (χ1) is 17.4. The van der Waals surface area contributed by atoms with Crippen molar-refractivity contribution in [1.82, 2.24) is 4.57 Å². The van der Waals surface area contributed by atoms with Gasteiger partial charge in [0, 0.05) is 18.8 Å². The van der Waals surface area contributed by atoms with E-state index in [2.05, 4.69) is 84.3 Å². The minimum Gasteiger partial charge on any atom is -0.459 e. The van der Waals surface area contributed by atoms with Crippen molar-refractivity contribution in [2.24, 2.45) is 24.8 Å². The summed E-state index contributed by atoms with van der Waals surface area (Å²) in [6, 6.07) is 17.2. The zero-order valence-electron chi connectivity index (χ0n) is 22.5. The summed E-state index contributed by atoms with van der Waals surface area (Å²) in [7, 11) is 2.09. The molecule has 0 radical (unpaired) electrons. The number of aromatic nitrogens is 2. The Morgan fingerprint density at radius 3 is 2.47 bits per heavy atom. The molecule has 0 bridgehead atoms. The Morgan fingerprint density at radius 1 is 1.03 bits per heavy atom. The van der Waals surface area contributed by atoms with Gasteiger partial charge in [-0.3, -0.25) is 0 Å². The molecule has 1 saturated heterocycles. The summed E-state index contributed by atoms with van der Waals surface area (Å²) in [4.78, 5) is 15.9. The highest BCUT2D eigenvalue weighted by Crippen LogP contribution is 2.35. The van der Waals surface area contributed by atoms with E-state index in [1.54, 1.807) is 0 Å². The van der Waals surface area contributed by atoms with Gasteiger partial charge in [0.15, 0.2) is 17.6 Å². The molecule has 3 aromatic rings. The number of imidazole rings is 1. The van der Waals surface area contributed by atoms with Gasteiger partial charge in [0.1, 0.15) is 6.10 Å². The van der Waals surface area contributed by atoms with E-state index >= 15 is 0 Å². The molecule has 2 aliphatic rings. The third kappa shape index (κ3) is 5.02. The summed E-state index contributed by atoms with van der Waals surface area (Å²) < 4.78 is 10.6. The van der Waals surface area contributed by atoms with E-state index in [1.807, 2.05) is 6.07 Å². The molecule has 1 unspecified atom stereocenters. The molecule has 36 heavy (non-hydrogen) atoms. The van der Waals surface area contributed by atoms with Gasteiger partial charge in [0.2, 0.25) is 0 Å². The van der Waals surface area contributed by atoms with Crippen LogP contribution in [0.5, 0.6) is 0 Å². The second-order valence-electron chi connectivity index (χ2n) is 11.4. The van der Waals surface area contributed by atoms with Crippen molar-refractivity contribution in [1.29, 1.82) is 0 Å². The molecule has 2 heterocycles. The highest BCUT2D eigenvalue weighted by atomic mass is 16.5. The van der Waals surface area contributed by atoms with Crippen LogP contribution < -0.4 is 9.47 Å². The number of rotatable bonds is 6. The highest BCUT2D eigenvalue weighted by Gasteiger charge is 2.34. The zero-order chi connectivity index (χ0) is 25.2. The number of anilines is 1. The number of hydrogen-bond acceptors (Lipinski definition) is 3. The van der Waals surface area contributed by atoms with Crippen LogP contribution in [0.1, 0.15) is 59.3 Å². The van der Waals surface area contributed by atoms with Crippen molar-refractivity contribution >= 4 is 22.7 Å². The summed E-state index contributed by atoms with van der Waals surface area (Å²) in [5, 5.41) is 0. The van der Waals surface area contributed by atoms with Crippen LogP contribution in [0.4, 0.5) is 5.69 Å². The van der Waals surface area contributed by atoms with Gasteiger partial charge in [-0.2, -0.15) is 0 Å². The van der Waals surface area contributed by atoms with Gasteiger partial charge in [-0.25, -0.2) is 13.9 Å². The fourth-order valence-corrected chi connectivity index (χ4v) is 6.45. The van der Waals surface area contributed by atoms with Gasteiger partial charge < -0.3 is 9.64 Å². The molecule has 192 valence electrons. The van der Waals surface area contributed by atoms with E-state index < -0.39 is 0 Å². The third-order valence-corrected chi connectivity index (χ3v) is 8.49. The second kappa shape index (κ2) is 10.7. The predicted molar refractivity (Wildman–Crippen MR) is 146 cm³/mol. The molecule has 0 spiro atoms. The van der Waals surface area contributed by atoms with E-state index in [9.17, 15) is 4.79 Å². The van der Waals surface area contributed by atoms with Gasteiger partial charge in [-0.05, 0) is 86.3 Å². The van der Waals surface area contributed by atoms with E-state index in [0.717, 1.165) is 48.4 Å². The lowest BCUT2D eigenvalue weighted by Gasteiger charge is -2.36. The van der Waals surface area contributed by atoms with Gasteiger partial charge in [-0.1, -0.05) is 39.3 Å². The number of aryl methyl sites for hydroxylation is 1. The van der Waals surface area contributed by atoms with Gasteiger partial charge in [-0.15, -0.1) is 0 Å². The van der Waals surface area contributed by atoms with Crippen LogP contribution in [0, 0.1) is 17.8 Å². The first kappa shape index (κ1) is 24.9. The topological polar surface area (TPSA) is 38.4 Å². The van der Waals surface area contributed by atoms with Crippen LogP contribution in [0.3, 0.4) is 0 Å². The molecule has 2 aromatic carbocycles. The molecule has 5 rings (SSSR count). The number of carbonyl (C=O) groups is 1. The molecule has 1 aromatic heterocycles. The van der Waals surface area contributed by atoms with Crippen molar-refractivity contribution in [3.8, 4) is 11.4 Å². The zero-order valence-corrected chi connectivity index (χ0v) is 22.5. The molecule has 5 heteroatoms. The maximum absolute atomic E-state index is 13.4. The number of fused-ring (bicyclic) bond motifs is 1. The molecule has 1 aliphatic heterocycles. The Morgan fingerprint density at radius 2 is 1.75 bits per heavy atom. The predicted octanol–water partition coefficient (Wildman–Crippen LogP) is 6.13. The summed E-state index contributed by atoms with van der Waals surface area (Å²) in [6.07, 6.45) is 7.23. The summed E-state index contributed by atoms with van der Waals surface area (Å²) in [6.45, 7) is 9.29. The van der Waals surface area contributed by atoms with E-state index in [1.165, 1.54) is 31.4 Å². The monoisotopic (exact) mass is 488 g/mol. The number of para-hydroxylation sites is 2. The van der Waals surface area contributed by atoms with E-state index in [0.29, 0.717) is 17.8 Å². The molecule has 0 N–H and O–H groups in total. The standard InChI is InChI=1S/C31H42N3O2/c1-22(2)26-17-12-23(3)20-29(26)36-30(35)21-34-28-11-7-6-10-27(28)32(4)31(34)24-13-15-25(16-14-24)33-18-8-5-9-19-33/h6-7,10-11,13-16,22-23,26,29H,5,8-9,12,17-21H2,1-4H3/q+1/t23-,26+,29?/m1/s1. The summed E-state index contributed by atoms with van der Waals surface area (Å²) in [5.74, 6) is 2.49. The minimum absolute atomic E-state index is 0.0177. The fourth-order valence-electron chi connectivity index (χ4n) is 6.45. The largest absolute Gasteiger partial charge is 0.459 e. The first-order valence-electron chi connectivity index (χ1n) is 13.9. The quantitative estimate of drug-likeness (QED) is 0.310. The minimum atomic E-state index is -0.132. The number of esters is 1. The van der Waals surface area contributed by atoms with Crippen LogP contribution in [0.2, 0.25) is 0 Å². The Balaban J connectivity index is 1.43. The fraction of sp³-hybridized carbons (Fsp3) is 0.548. The van der Waals surface area contributed by atoms with Crippen LogP contribution in [-0.2, 0) is 23.1 Å². The van der Waals surface area contributed by atoms with Crippen molar-refractivity contribution in [2.75, 3.05) is 18.0 Å². The van der Waals surface area contributed by atoms with E-state index in [-0.39, 0.29) is 18.6 Å².